The fourth-order valence-corrected chi connectivity index (χ4v) is 4.77. The van der Waals surface area contributed by atoms with E-state index in [4.69, 9.17) is 37.6 Å². The summed E-state index contributed by atoms with van der Waals surface area (Å²) in [5, 5.41) is 14.4. The summed E-state index contributed by atoms with van der Waals surface area (Å²) in [4.78, 5) is 11.1. The molecule has 0 radical (unpaired) electrons. The van der Waals surface area contributed by atoms with Crippen molar-refractivity contribution in [2.45, 2.75) is 40.2 Å². The van der Waals surface area contributed by atoms with Crippen molar-refractivity contribution in [1.29, 1.82) is 0 Å². The molecule has 0 saturated heterocycles. The number of aromatic nitrogens is 1. The van der Waals surface area contributed by atoms with Crippen LogP contribution in [0.4, 0.5) is 0 Å². The summed E-state index contributed by atoms with van der Waals surface area (Å²) in [6, 6.07) is 16.1. The van der Waals surface area contributed by atoms with E-state index in [1.54, 1.807) is 42.5 Å². The average Bonchev–Trinajstić information content (AvgIpc) is 3.26. The lowest BCUT2D eigenvalue weighted by molar-refractivity contribution is 0.0697. The first-order valence-electron chi connectivity index (χ1n) is 11.8. The molecule has 190 valence electrons. The van der Waals surface area contributed by atoms with Gasteiger partial charge in [0, 0.05) is 11.5 Å². The maximum absolute atomic E-state index is 11.1. The van der Waals surface area contributed by atoms with Gasteiger partial charge in [-0.15, -0.1) is 0 Å². The average molecular weight is 536 g/mol. The highest BCUT2D eigenvalue weighted by Crippen LogP contribution is 2.39. The molecular weight excluding hydrogens is 509 g/mol. The Labute approximate surface area is 226 Å². The molecule has 3 aromatic carbocycles. The summed E-state index contributed by atoms with van der Waals surface area (Å²) in [7, 11) is 0. The van der Waals surface area contributed by atoms with Crippen LogP contribution in [-0.4, -0.2) is 16.2 Å². The van der Waals surface area contributed by atoms with Crippen LogP contribution in [0.15, 0.2) is 59.1 Å². The lowest BCUT2D eigenvalue weighted by atomic mass is 10.00. The second-order valence-electron chi connectivity index (χ2n) is 9.15. The molecule has 0 amide bonds. The number of carbonyl (C=O) groups is 1. The highest BCUT2D eigenvalue weighted by Gasteiger charge is 2.24. The summed E-state index contributed by atoms with van der Waals surface area (Å²) >= 11 is 12.9. The van der Waals surface area contributed by atoms with Gasteiger partial charge in [0.2, 0.25) is 0 Å². The van der Waals surface area contributed by atoms with Crippen LogP contribution in [0, 0.1) is 13.8 Å². The first-order chi connectivity index (χ1) is 17.7. The van der Waals surface area contributed by atoms with Crippen molar-refractivity contribution in [2.75, 3.05) is 0 Å². The largest absolute Gasteiger partial charge is 0.489 e. The molecule has 0 saturated carbocycles. The van der Waals surface area contributed by atoms with Gasteiger partial charge in [-0.25, -0.2) is 4.79 Å². The quantitative estimate of drug-likeness (QED) is 0.228. The van der Waals surface area contributed by atoms with Crippen LogP contribution in [0.1, 0.15) is 63.7 Å². The van der Waals surface area contributed by atoms with Gasteiger partial charge in [-0.1, -0.05) is 72.6 Å². The van der Waals surface area contributed by atoms with E-state index in [0.29, 0.717) is 21.3 Å². The molecule has 5 nitrogen and oxygen atoms in total. The van der Waals surface area contributed by atoms with E-state index < -0.39 is 5.97 Å². The molecule has 1 aromatic heterocycles. The lowest BCUT2D eigenvalue weighted by Crippen LogP contribution is -2.02. The number of hydrogen-bond donors (Lipinski definition) is 1. The van der Waals surface area contributed by atoms with Crippen LogP contribution in [0.2, 0.25) is 10.0 Å². The molecule has 1 N–H and O–H groups in total. The first-order valence-corrected chi connectivity index (χ1v) is 12.6. The van der Waals surface area contributed by atoms with Gasteiger partial charge in [0.1, 0.15) is 23.8 Å². The fraction of sp³-hybridized carbons (Fsp3) is 0.200. The van der Waals surface area contributed by atoms with Gasteiger partial charge < -0.3 is 14.4 Å². The molecule has 0 unspecified atom stereocenters. The molecule has 0 aliphatic heterocycles. The number of benzene rings is 3. The molecule has 7 heteroatoms. The zero-order valence-electron chi connectivity index (χ0n) is 21.0. The Kier molecular flexibility index (Phi) is 8.06. The minimum atomic E-state index is -0.938. The Hall–Kier alpha value is -3.54. The highest BCUT2D eigenvalue weighted by molar-refractivity contribution is 6.39. The molecule has 1 heterocycles. The molecule has 0 bridgehead atoms. The second-order valence-corrected chi connectivity index (χ2v) is 9.96. The van der Waals surface area contributed by atoms with E-state index in [9.17, 15) is 4.79 Å². The minimum absolute atomic E-state index is 0.0988. The van der Waals surface area contributed by atoms with Crippen molar-refractivity contribution in [3.63, 3.8) is 0 Å². The molecule has 0 fully saturated rings. The van der Waals surface area contributed by atoms with Crippen LogP contribution in [0.3, 0.4) is 0 Å². The van der Waals surface area contributed by atoms with E-state index in [1.165, 1.54) is 0 Å². The van der Waals surface area contributed by atoms with Crippen LogP contribution in [0.25, 0.3) is 23.4 Å². The highest BCUT2D eigenvalue weighted by atomic mass is 35.5. The van der Waals surface area contributed by atoms with Gasteiger partial charge in [-0.05, 0) is 72.5 Å². The maximum atomic E-state index is 11.1. The third-order valence-corrected chi connectivity index (χ3v) is 6.72. The number of halogens is 2. The third kappa shape index (κ3) is 5.90. The fourth-order valence-electron chi connectivity index (χ4n) is 4.19. The molecule has 0 aliphatic carbocycles. The van der Waals surface area contributed by atoms with E-state index in [2.05, 4.69) is 5.16 Å². The van der Waals surface area contributed by atoms with Crippen molar-refractivity contribution in [3.8, 4) is 17.0 Å². The maximum Gasteiger partial charge on any atom is 0.335 e. The smallest absolute Gasteiger partial charge is 0.335 e. The zero-order valence-corrected chi connectivity index (χ0v) is 22.5. The summed E-state index contributed by atoms with van der Waals surface area (Å²) in [5.74, 6) is 0.617. The van der Waals surface area contributed by atoms with Crippen molar-refractivity contribution in [1.82, 2.24) is 5.16 Å². The number of carboxylic acid groups (broad SMARTS) is 1. The van der Waals surface area contributed by atoms with Gasteiger partial charge in [-0.3, -0.25) is 0 Å². The van der Waals surface area contributed by atoms with Crippen LogP contribution in [-0.2, 0) is 6.61 Å². The Balaban J connectivity index is 1.58. The van der Waals surface area contributed by atoms with Gasteiger partial charge in [0.15, 0.2) is 0 Å². The number of ether oxygens (including phenoxy) is 1. The summed E-state index contributed by atoms with van der Waals surface area (Å²) in [6.45, 7) is 8.37. The number of rotatable bonds is 8. The van der Waals surface area contributed by atoms with Crippen LogP contribution in [0.5, 0.6) is 5.75 Å². The number of hydrogen-bond acceptors (Lipinski definition) is 4. The topological polar surface area (TPSA) is 72.6 Å². The Morgan fingerprint density at radius 1 is 1.03 bits per heavy atom. The van der Waals surface area contributed by atoms with Crippen molar-refractivity contribution >= 4 is 41.3 Å². The predicted molar refractivity (Wildman–Crippen MR) is 149 cm³/mol. The molecule has 0 spiro atoms. The van der Waals surface area contributed by atoms with E-state index >= 15 is 0 Å². The van der Waals surface area contributed by atoms with Gasteiger partial charge >= 0.3 is 5.97 Å². The molecular formula is C30H27Cl2NO4. The Morgan fingerprint density at radius 2 is 1.65 bits per heavy atom. The molecule has 37 heavy (non-hydrogen) atoms. The van der Waals surface area contributed by atoms with E-state index in [-0.39, 0.29) is 18.1 Å². The summed E-state index contributed by atoms with van der Waals surface area (Å²) in [6.07, 6.45) is 3.99. The van der Waals surface area contributed by atoms with Crippen molar-refractivity contribution < 1.29 is 19.2 Å². The van der Waals surface area contributed by atoms with Crippen LogP contribution < -0.4 is 4.74 Å². The van der Waals surface area contributed by atoms with E-state index in [0.717, 1.165) is 39.3 Å². The first kappa shape index (κ1) is 26.5. The Bertz CT molecular complexity index is 1430. The van der Waals surface area contributed by atoms with Gasteiger partial charge in [-0.2, -0.15) is 0 Å². The predicted octanol–water partition coefficient (Wildman–Crippen LogP) is 8.84. The number of carboxylic acids is 1. The number of aryl methyl sites for hydroxylation is 2. The molecule has 4 rings (SSSR count). The molecule has 0 atom stereocenters. The van der Waals surface area contributed by atoms with Crippen LogP contribution >= 0.6 is 23.2 Å². The van der Waals surface area contributed by atoms with Gasteiger partial charge in [0.25, 0.3) is 0 Å². The summed E-state index contributed by atoms with van der Waals surface area (Å²) < 4.78 is 11.9. The van der Waals surface area contributed by atoms with Gasteiger partial charge in [0.05, 0.1) is 21.2 Å². The lowest BCUT2D eigenvalue weighted by Gasteiger charge is -2.13. The van der Waals surface area contributed by atoms with Crippen molar-refractivity contribution in [2.24, 2.45) is 0 Å². The number of nitrogens with zero attached hydrogens (tertiary/aromatic N) is 1. The number of aromatic carboxylic acids is 1. The molecule has 0 aliphatic rings. The minimum Gasteiger partial charge on any atom is -0.489 e. The third-order valence-electron chi connectivity index (χ3n) is 6.09. The zero-order chi connectivity index (χ0) is 26.7. The standard InChI is InChI=1S/C30H27Cl2NO4/c1-17(2)29-24(28(33-37-29)27-25(31)6-5-7-26(27)32)16-36-22-14-18(3)23(19(4)15-22)13-10-20-8-11-21(12-9-20)30(34)35/h5-15,17H,16H2,1-4H3,(H,34,35)/b13-10+. The monoisotopic (exact) mass is 535 g/mol. The van der Waals surface area contributed by atoms with E-state index in [1.807, 2.05) is 52.0 Å². The SMILES string of the molecule is Cc1cc(OCc2c(-c3c(Cl)cccc3Cl)noc2C(C)C)cc(C)c1/C=C/c1ccc(C(=O)O)cc1. The normalized spacial score (nSPS) is 11.4. The summed E-state index contributed by atoms with van der Waals surface area (Å²) in [5.41, 5.74) is 6.39. The van der Waals surface area contributed by atoms with Crippen molar-refractivity contribution in [3.05, 3.63) is 104 Å². The second kappa shape index (κ2) is 11.2. The molecule has 4 aromatic rings. The Morgan fingerprint density at radius 3 is 2.22 bits per heavy atom.